The van der Waals surface area contributed by atoms with Crippen molar-refractivity contribution in [1.82, 2.24) is 14.9 Å². The summed E-state index contributed by atoms with van der Waals surface area (Å²) in [6.45, 7) is 2.91. The second kappa shape index (κ2) is 12.7. The Kier molecular flexibility index (Phi) is 9.68. The summed E-state index contributed by atoms with van der Waals surface area (Å²) in [5.74, 6) is 0.483. The van der Waals surface area contributed by atoms with Crippen molar-refractivity contribution < 1.29 is 4.79 Å². The predicted molar refractivity (Wildman–Crippen MR) is 150 cm³/mol. The van der Waals surface area contributed by atoms with E-state index < -0.39 is 0 Å². The molecule has 2 aromatic carbocycles. The molecule has 35 heavy (non-hydrogen) atoms. The molecule has 2 heterocycles. The van der Waals surface area contributed by atoms with Crippen molar-refractivity contribution in [1.29, 1.82) is 0 Å². The SMILES string of the molecule is Cc1cccc(NC(=O)Nc2ccc(-c3c(CCN(C)C)sc4ncnc(N)c34)cc2)c1.ClCCl. The topological polar surface area (TPSA) is 96.2 Å². The fourth-order valence-corrected chi connectivity index (χ4v) is 4.70. The molecule has 4 N–H and O–H groups in total. The summed E-state index contributed by atoms with van der Waals surface area (Å²) < 4.78 is 0. The van der Waals surface area contributed by atoms with Crippen molar-refractivity contribution >= 4 is 68.0 Å². The Morgan fingerprint density at radius 3 is 2.40 bits per heavy atom. The van der Waals surface area contributed by atoms with Crippen LogP contribution in [0.3, 0.4) is 0 Å². The van der Waals surface area contributed by atoms with Crippen LogP contribution in [0.1, 0.15) is 10.4 Å². The Labute approximate surface area is 219 Å². The number of nitrogen functional groups attached to an aromatic ring is 1. The van der Waals surface area contributed by atoms with Crippen LogP contribution in [0.25, 0.3) is 21.3 Å². The first kappa shape index (κ1) is 26.7. The van der Waals surface area contributed by atoms with E-state index >= 15 is 0 Å². The van der Waals surface area contributed by atoms with Gasteiger partial charge < -0.3 is 21.3 Å². The van der Waals surface area contributed by atoms with Gasteiger partial charge in [-0.15, -0.1) is 34.5 Å². The summed E-state index contributed by atoms with van der Waals surface area (Å²) >= 11 is 11.2. The maximum atomic E-state index is 12.4. The Hall–Kier alpha value is -2.91. The minimum Gasteiger partial charge on any atom is -0.383 e. The van der Waals surface area contributed by atoms with Gasteiger partial charge in [0.25, 0.3) is 0 Å². The fourth-order valence-electron chi connectivity index (χ4n) is 3.54. The minimum atomic E-state index is -0.284. The van der Waals surface area contributed by atoms with Gasteiger partial charge >= 0.3 is 6.03 Å². The minimum absolute atomic E-state index is 0.194. The Balaban J connectivity index is 0.00000108. The Bertz CT molecular complexity index is 1280. The van der Waals surface area contributed by atoms with E-state index in [0.717, 1.165) is 45.6 Å². The van der Waals surface area contributed by atoms with Crippen LogP contribution in [0.4, 0.5) is 22.0 Å². The number of rotatable bonds is 6. The molecular weight excluding hydrogens is 503 g/mol. The predicted octanol–water partition coefficient (Wildman–Crippen LogP) is 6.42. The fraction of sp³-hybridized carbons (Fsp3) is 0.240. The number of nitrogens with one attached hydrogen (secondary N) is 2. The van der Waals surface area contributed by atoms with Crippen LogP contribution in [-0.2, 0) is 6.42 Å². The molecule has 0 fully saturated rings. The van der Waals surface area contributed by atoms with Crippen molar-refractivity contribution in [3.8, 4) is 11.1 Å². The van der Waals surface area contributed by atoms with Crippen molar-refractivity contribution in [2.75, 3.05) is 42.3 Å². The molecule has 0 aliphatic carbocycles. The lowest BCUT2D eigenvalue weighted by molar-refractivity contribution is 0.262. The summed E-state index contributed by atoms with van der Waals surface area (Å²) in [7, 11) is 4.12. The molecule has 0 aliphatic heterocycles. The highest BCUT2D eigenvalue weighted by Crippen LogP contribution is 2.40. The van der Waals surface area contributed by atoms with Crippen molar-refractivity contribution in [3.63, 3.8) is 0 Å². The maximum Gasteiger partial charge on any atom is 0.323 e. The van der Waals surface area contributed by atoms with Crippen LogP contribution in [0.5, 0.6) is 0 Å². The average Bonchev–Trinajstić information content (AvgIpc) is 3.18. The number of benzene rings is 2. The van der Waals surface area contributed by atoms with Crippen LogP contribution >= 0.6 is 34.5 Å². The van der Waals surface area contributed by atoms with Crippen LogP contribution in [-0.4, -0.2) is 46.9 Å². The van der Waals surface area contributed by atoms with Crippen LogP contribution in [0.15, 0.2) is 54.9 Å². The van der Waals surface area contributed by atoms with Gasteiger partial charge in [-0.3, -0.25) is 0 Å². The lowest BCUT2D eigenvalue weighted by atomic mass is 10.0. The second-order valence-corrected chi connectivity index (χ2v) is 9.91. The summed E-state index contributed by atoms with van der Waals surface area (Å²) in [4.78, 5) is 25.3. The van der Waals surface area contributed by atoms with E-state index in [1.54, 1.807) is 11.3 Å². The van der Waals surface area contributed by atoms with Gasteiger partial charge in [-0.2, -0.15) is 0 Å². The first-order chi connectivity index (χ1) is 16.8. The van der Waals surface area contributed by atoms with E-state index in [1.807, 2.05) is 55.5 Å². The zero-order valence-electron chi connectivity index (χ0n) is 19.8. The number of nitrogens with zero attached hydrogens (tertiary/aromatic N) is 3. The van der Waals surface area contributed by atoms with Crippen LogP contribution in [0, 0.1) is 6.92 Å². The van der Waals surface area contributed by atoms with E-state index in [9.17, 15) is 4.79 Å². The lowest BCUT2D eigenvalue weighted by Gasteiger charge is -2.11. The van der Waals surface area contributed by atoms with Gasteiger partial charge in [0.2, 0.25) is 0 Å². The number of hydrogen-bond acceptors (Lipinski definition) is 6. The monoisotopic (exact) mass is 530 g/mol. The normalized spacial score (nSPS) is 10.7. The second-order valence-electron chi connectivity index (χ2n) is 8.02. The van der Waals surface area contributed by atoms with Gasteiger partial charge in [-0.1, -0.05) is 24.3 Å². The summed E-state index contributed by atoms with van der Waals surface area (Å²) in [6, 6.07) is 15.2. The number of anilines is 3. The number of hydrogen-bond donors (Lipinski definition) is 3. The van der Waals surface area contributed by atoms with E-state index in [-0.39, 0.29) is 11.4 Å². The number of amides is 2. The molecule has 7 nitrogen and oxygen atoms in total. The third-order valence-corrected chi connectivity index (χ3v) is 6.24. The molecule has 4 rings (SSSR count). The number of urea groups is 1. The van der Waals surface area contributed by atoms with Gasteiger partial charge in [-0.05, 0) is 62.8 Å². The summed E-state index contributed by atoms with van der Waals surface area (Å²) in [5.41, 5.74) is 10.9. The molecule has 0 unspecified atom stereocenters. The zero-order chi connectivity index (χ0) is 25.4. The number of fused-ring (bicyclic) bond motifs is 1. The molecule has 0 saturated heterocycles. The first-order valence-corrected chi connectivity index (χ1v) is 12.7. The molecule has 4 aromatic rings. The molecule has 2 amide bonds. The Morgan fingerprint density at radius 1 is 1.06 bits per heavy atom. The van der Waals surface area contributed by atoms with E-state index in [2.05, 4.69) is 39.6 Å². The summed E-state index contributed by atoms with van der Waals surface area (Å²) in [6.07, 6.45) is 2.40. The number of halogens is 2. The number of thiophene rings is 1. The van der Waals surface area contributed by atoms with E-state index in [1.165, 1.54) is 11.2 Å². The molecule has 0 saturated carbocycles. The molecule has 0 aliphatic rings. The number of carbonyl (C=O) groups is 1. The standard InChI is InChI=1S/C24H26N6OS.CH2Cl2/c1-15-5-4-6-18(13-15)29-24(31)28-17-9-7-16(8-10-17)20-19(11-12-30(2)3)32-23-21(20)22(25)26-14-27-23;2-1-3/h4-10,13-14H,11-12H2,1-3H3,(H2,25,26,27)(H2,28,29,31);1H2. The highest BCUT2D eigenvalue weighted by atomic mass is 35.5. The lowest BCUT2D eigenvalue weighted by Crippen LogP contribution is -2.19. The molecule has 0 radical (unpaired) electrons. The first-order valence-electron chi connectivity index (χ1n) is 10.9. The number of aromatic nitrogens is 2. The van der Waals surface area contributed by atoms with E-state index in [0.29, 0.717) is 11.5 Å². The van der Waals surface area contributed by atoms with Crippen molar-refractivity contribution in [2.24, 2.45) is 0 Å². The molecule has 0 spiro atoms. The number of likely N-dealkylation sites (N-methyl/N-ethyl adjacent to an activating group) is 1. The molecule has 184 valence electrons. The van der Waals surface area contributed by atoms with Gasteiger partial charge in [-0.25, -0.2) is 14.8 Å². The number of alkyl halides is 2. The van der Waals surface area contributed by atoms with Gasteiger partial charge in [0.05, 0.1) is 10.7 Å². The highest BCUT2D eigenvalue weighted by Gasteiger charge is 2.18. The molecule has 0 bridgehead atoms. The van der Waals surface area contributed by atoms with Crippen LogP contribution < -0.4 is 16.4 Å². The number of carbonyl (C=O) groups excluding carboxylic acids is 1. The largest absolute Gasteiger partial charge is 0.383 e. The number of nitrogens with two attached hydrogens (primary N) is 1. The molecule has 10 heteroatoms. The van der Waals surface area contributed by atoms with Crippen molar-refractivity contribution in [3.05, 3.63) is 65.3 Å². The Morgan fingerprint density at radius 2 is 1.74 bits per heavy atom. The average molecular weight is 532 g/mol. The maximum absolute atomic E-state index is 12.4. The quantitative estimate of drug-likeness (QED) is 0.250. The zero-order valence-corrected chi connectivity index (χ0v) is 22.1. The molecule has 0 atom stereocenters. The van der Waals surface area contributed by atoms with Gasteiger partial charge in [0.15, 0.2) is 0 Å². The summed E-state index contributed by atoms with van der Waals surface area (Å²) in [5, 5.41) is 6.82. The number of aryl methyl sites for hydroxylation is 1. The van der Waals surface area contributed by atoms with E-state index in [4.69, 9.17) is 28.9 Å². The van der Waals surface area contributed by atoms with Gasteiger partial charge in [0, 0.05) is 28.4 Å². The smallest absolute Gasteiger partial charge is 0.323 e. The van der Waals surface area contributed by atoms with Crippen LogP contribution in [0.2, 0.25) is 0 Å². The molecule has 2 aromatic heterocycles. The highest BCUT2D eigenvalue weighted by molar-refractivity contribution is 7.19. The van der Waals surface area contributed by atoms with Gasteiger partial charge in [0.1, 0.15) is 17.0 Å². The third kappa shape index (κ3) is 7.29. The molecular formula is C25H28Cl2N6OS. The van der Waals surface area contributed by atoms with Crippen molar-refractivity contribution in [2.45, 2.75) is 13.3 Å². The third-order valence-electron chi connectivity index (χ3n) is 5.08.